The molecule has 0 aromatic heterocycles. The fraction of sp³-hybridized carbons (Fsp3) is 0.333. The van der Waals surface area contributed by atoms with Crippen molar-refractivity contribution in [2.45, 2.75) is 25.2 Å². The van der Waals surface area contributed by atoms with Gasteiger partial charge in [-0.25, -0.2) is 13.3 Å². The second-order valence-corrected chi connectivity index (χ2v) is 10.3. The SMILES string of the molecule is CCN(c1ccccc1)S(=O)(=O)c1cc(N2C(=O)[C@@H]3[C@H](C2=O)[C@@H]2C=C[C@H]3C2)ccc1C. The van der Waals surface area contributed by atoms with E-state index in [4.69, 9.17) is 0 Å². The van der Waals surface area contributed by atoms with E-state index in [1.807, 2.05) is 18.2 Å². The summed E-state index contributed by atoms with van der Waals surface area (Å²) >= 11 is 0. The van der Waals surface area contributed by atoms with Gasteiger partial charge in [-0.1, -0.05) is 36.4 Å². The van der Waals surface area contributed by atoms with Crippen LogP contribution >= 0.6 is 0 Å². The molecule has 4 atom stereocenters. The summed E-state index contributed by atoms with van der Waals surface area (Å²) in [6.45, 7) is 3.76. The predicted octanol–water partition coefficient (Wildman–Crippen LogP) is 3.52. The number of allylic oxidation sites excluding steroid dienone is 2. The first-order valence-corrected chi connectivity index (χ1v) is 12.0. The molecule has 1 heterocycles. The minimum absolute atomic E-state index is 0.106. The molecule has 0 radical (unpaired) electrons. The van der Waals surface area contributed by atoms with Crippen LogP contribution in [0.5, 0.6) is 0 Å². The highest BCUT2D eigenvalue weighted by Gasteiger charge is 2.59. The maximum absolute atomic E-state index is 13.6. The number of amides is 2. The first kappa shape index (κ1) is 20.0. The van der Waals surface area contributed by atoms with Gasteiger partial charge in [0.05, 0.1) is 28.1 Å². The lowest BCUT2D eigenvalue weighted by molar-refractivity contribution is -0.123. The first-order valence-electron chi connectivity index (χ1n) is 10.6. The van der Waals surface area contributed by atoms with Crippen LogP contribution in [-0.2, 0) is 19.6 Å². The number of para-hydroxylation sites is 1. The first-order chi connectivity index (χ1) is 14.8. The zero-order valence-electron chi connectivity index (χ0n) is 17.4. The molecule has 0 N–H and O–H groups in total. The van der Waals surface area contributed by atoms with Gasteiger partial charge in [-0.3, -0.25) is 13.9 Å². The largest absolute Gasteiger partial charge is 0.274 e. The van der Waals surface area contributed by atoms with E-state index in [0.29, 0.717) is 16.9 Å². The lowest BCUT2D eigenvalue weighted by Gasteiger charge is -2.25. The quantitative estimate of drug-likeness (QED) is 0.531. The Hall–Kier alpha value is -2.93. The number of rotatable bonds is 5. The predicted molar refractivity (Wildman–Crippen MR) is 118 cm³/mol. The van der Waals surface area contributed by atoms with E-state index >= 15 is 0 Å². The van der Waals surface area contributed by atoms with Crippen LogP contribution in [-0.4, -0.2) is 26.8 Å². The lowest BCUT2D eigenvalue weighted by Crippen LogP contribution is -2.34. The van der Waals surface area contributed by atoms with Crippen LogP contribution in [0.4, 0.5) is 11.4 Å². The summed E-state index contributed by atoms with van der Waals surface area (Å²) in [5.74, 6) is -0.845. The second-order valence-electron chi connectivity index (χ2n) is 8.47. The molecule has 5 rings (SSSR count). The Balaban J connectivity index is 1.55. The molecule has 160 valence electrons. The van der Waals surface area contributed by atoms with E-state index in [-0.39, 0.29) is 46.9 Å². The third kappa shape index (κ3) is 2.86. The average Bonchev–Trinajstić information content (AvgIpc) is 3.43. The van der Waals surface area contributed by atoms with Crippen LogP contribution in [0.1, 0.15) is 18.9 Å². The van der Waals surface area contributed by atoms with Crippen LogP contribution in [0.25, 0.3) is 0 Å². The van der Waals surface area contributed by atoms with Crippen molar-refractivity contribution in [2.75, 3.05) is 15.7 Å². The number of nitrogens with zero attached hydrogens (tertiary/aromatic N) is 2. The standard InChI is InChI=1S/C24H24N2O4S/c1-3-25(18-7-5-4-6-8-18)31(29,30)20-14-19(12-9-15(20)2)26-23(27)21-16-10-11-17(13-16)22(21)24(26)28/h4-12,14,16-17,21-22H,3,13H2,1-2H3/t16-,17+,21-,22+. The highest BCUT2D eigenvalue weighted by Crippen LogP contribution is 2.53. The maximum Gasteiger partial charge on any atom is 0.264 e. The summed E-state index contributed by atoms with van der Waals surface area (Å²) in [5, 5.41) is 0. The van der Waals surface area contributed by atoms with E-state index in [2.05, 4.69) is 0 Å². The number of benzene rings is 2. The Morgan fingerprint density at radius 2 is 1.58 bits per heavy atom. The molecule has 2 aromatic rings. The highest BCUT2D eigenvalue weighted by atomic mass is 32.2. The summed E-state index contributed by atoms with van der Waals surface area (Å²) in [6, 6.07) is 13.7. The molecule has 1 saturated carbocycles. The average molecular weight is 437 g/mol. The fourth-order valence-electron chi connectivity index (χ4n) is 5.37. The van der Waals surface area contributed by atoms with Gasteiger partial charge in [0.1, 0.15) is 0 Å². The van der Waals surface area contributed by atoms with E-state index in [1.54, 1.807) is 50.2 Å². The zero-order valence-corrected chi connectivity index (χ0v) is 18.2. The second kappa shape index (κ2) is 7.05. The van der Waals surface area contributed by atoms with Crippen LogP contribution in [0, 0.1) is 30.6 Å². The molecule has 3 aliphatic rings. The van der Waals surface area contributed by atoms with Crippen molar-refractivity contribution in [3.8, 4) is 0 Å². The molecule has 2 fully saturated rings. The molecule has 2 amide bonds. The van der Waals surface area contributed by atoms with Crippen molar-refractivity contribution in [1.82, 2.24) is 0 Å². The monoisotopic (exact) mass is 436 g/mol. The van der Waals surface area contributed by atoms with Crippen LogP contribution in [0.2, 0.25) is 0 Å². The van der Waals surface area contributed by atoms with Gasteiger partial charge in [0, 0.05) is 6.54 Å². The zero-order chi connectivity index (χ0) is 21.9. The third-order valence-electron chi connectivity index (χ3n) is 6.80. The summed E-state index contributed by atoms with van der Waals surface area (Å²) in [4.78, 5) is 27.6. The molecule has 6 nitrogen and oxygen atoms in total. The summed E-state index contributed by atoms with van der Waals surface area (Å²) in [6.07, 6.45) is 4.95. The molecule has 31 heavy (non-hydrogen) atoms. The Morgan fingerprint density at radius 3 is 2.16 bits per heavy atom. The number of carbonyl (C=O) groups excluding carboxylic acids is 2. The number of hydrogen-bond acceptors (Lipinski definition) is 4. The smallest absolute Gasteiger partial charge is 0.264 e. The number of hydrogen-bond donors (Lipinski definition) is 0. The minimum Gasteiger partial charge on any atom is -0.274 e. The van der Waals surface area contributed by atoms with Crippen molar-refractivity contribution in [3.63, 3.8) is 0 Å². The van der Waals surface area contributed by atoms with Crippen molar-refractivity contribution < 1.29 is 18.0 Å². The lowest BCUT2D eigenvalue weighted by atomic mass is 9.85. The van der Waals surface area contributed by atoms with Crippen molar-refractivity contribution in [2.24, 2.45) is 23.7 Å². The molecule has 0 unspecified atom stereocenters. The van der Waals surface area contributed by atoms with Gasteiger partial charge in [-0.05, 0) is 61.9 Å². The van der Waals surface area contributed by atoms with Gasteiger partial charge in [-0.2, -0.15) is 0 Å². The van der Waals surface area contributed by atoms with Gasteiger partial charge < -0.3 is 0 Å². The van der Waals surface area contributed by atoms with Crippen LogP contribution in [0.3, 0.4) is 0 Å². The fourth-order valence-corrected chi connectivity index (χ4v) is 7.09. The van der Waals surface area contributed by atoms with Gasteiger partial charge in [-0.15, -0.1) is 0 Å². The summed E-state index contributed by atoms with van der Waals surface area (Å²) in [5.41, 5.74) is 1.47. The number of anilines is 2. The highest BCUT2D eigenvalue weighted by molar-refractivity contribution is 7.92. The van der Waals surface area contributed by atoms with Gasteiger partial charge in [0.15, 0.2) is 0 Å². The normalized spacial score (nSPS) is 26.6. The van der Waals surface area contributed by atoms with E-state index in [1.165, 1.54) is 15.3 Å². The minimum atomic E-state index is -3.88. The number of fused-ring (bicyclic) bond motifs is 5. The van der Waals surface area contributed by atoms with Crippen LogP contribution in [0.15, 0.2) is 65.6 Å². The van der Waals surface area contributed by atoms with Gasteiger partial charge in [0.2, 0.25) is 11.8 Å². The Kier molecular flexibility index (Phi) is 4.55. The molecular formula is C24H24N2O4S. The third-order valence-corrected chi connectivity index (χ3v) is 8.84. The number of sulfonamides is 1. The summed E-state index contributed by atoms with van der Waals surface area (Å²) < 4.78 is 28.4. The van der Waals surface area contributed by atoms with Gasteiger partial charge in [0.25, 0.3) is 10.0 Å². The molecule has 0 spiro atoms. The molecule has 2 aromatic carbocycles. The van der Waals surface area contributed by atoms with Crippen LogP contribution < -0.4 is 9.21 Å². The molecule has 7 heteroatoms. The van der Waals surface area contributed by atoms with Crippen molar-refractivity contribution in [1.29, 1.82) is 0 Å². The Bertz CT molecular complexity index is 1180. The molecule has 1 aliphatic heterocycles. The van der Waals surface area contributed by atoms with E-state index < -0.39 is 10.0 Å². The molecule has 1 saturated heterocycles. The topological polar surface area (TPSA) is 74.8 Å². The Morgan fingerprint density at radius 1 is 0.968 bits per heavy atom. The van der Waals surface area contributed by atoms with E-state index in [9.17, 15) is 18.0 Å². The number of aryl methyl sites for hydroxylation is 1. The number of imide groups is 1. The number of carbonyl (C=O) groups is 2. The van der Waals surface area contributed by atoms with Crippen molar-refractivity contribution in [3.05, 3.63) is 66.2 Å². The van der Waals surface area contributed by atoms with Gasteiger partial charge >= 0.3 is 0 Å². The molecule has 2 bridgehead atoms. The maximum atomic E-state index is 13.6. The summed E-state index contributed by atoms with van der Waals surface area (Å²) in [7, 11) is -3.88. The Labute approximate surface area is 182 Å². The van der Waals surface area contributed by atoms with Crippen molar-refractivity contribution >= 4 is 33.2 Å². The van der Waals surface area contributed by atoms with E-state index in [0.717, 1.165) is 6.42 Å². The molecule has 2 aliphatic carbocycles. The molecular weight excluding hydrogens is 412 g/mol.